The van der Waals surface area contributed by atoms with Gasteiger partial charge in [0.05, 0.1) is 11.2 Å². The van der Waals surface area contributed by atoms with Crippen molar-refractivity contribution in [1.29, 1.82) is 0 Å². The average molecular weight is 182 g/mol. The van der Waals surface area contributed by atoms with Gasteiger partial charge in [0, 0.05) is 5.38 Å². The summed E-state index contributed by atoms with van der Waals surface area (Å²) >= 11 is 1.54. The lowest BCUT2D eigenvalue weighted by Crippen LogP contribution is -1.96. The second kappa shape index (κ2) is 4.66. The Morgan fingerprint density at radius 1 is 1.92 bits per heavy atom. The molecule has 0 saturated carbocycles. The van der Waals surface area contributed by atoms with Crippen molar-refractivity contribution < 1.29 is 4.84 Å². The fraction of sp³-hybridized carbons (Fsp3) is 0.250. The summed E-state index contributed by atoms with van der Waals surface area (Å²) in [5.41, 5.74) is 3.42. The molecule has 0 atom stereocenters. The summed E-state index contributed by atoms with van der Waals surface area (Å²) in [4.78, 5) is 8.98. The van der Waals surface area contributed by atoms with Crippen LogP contribution >= 0.6 is 11.3 Å². The summed E-state index contributed by atoms with van der Waals surface area (Å²) in [6.07, 6.45) is 1.65. The maximum absolute atomic E-state index is 4.90. The zero-order valence-corrected chi connectivity index (χ0v) is 7.67. The Bertz CT molecular complexity index is 267. The summed E-state index contributed by atoms with van der Waals surface area (Å²) in [7, 11) is 0. The molecule has 0 fully saturated rings. The standard InChI is InChI=1S/C8H10N2OS/c1-3-4-11-10-7(2)8-5-12-6-9-8/h3,5-6H,1,4H2,2H3/b10-7+. The fourth-order valence-corrected chi connectivity index (χ4v) is 1.22. The molecule has 0 radical (unpaired) electrons. The van der Waals surface area contributed by atoms with E-state index in [1.807, 2.05) is 12.3 Å². The van der Waals surface area contributed by atoms with Crippen molar-refractivity contribution in [2.75, 3.05) is 6.61 Å². The molecule has 0 saturated heterocycles. The van der Waals surface area contributed by atoms with Gasteiger partial charge in [-0.3, -0.25) is 0 Å². The molecule has 1 aromatic rings. The lowest BCUT2D eigenvalue weighted by atomic mass is 10.3. The largest absolute Gasteiger partial charge is 0.391 e. The molecule has 0 bridgehead atoms. The summed E-state index contributed by atoms with van der Waals surface area (Å²) in [6.45, 7) is 5.80. The number of hydrogen-bond donors (Lipinski definition) is 0. The van der Waals surface area contributed by atoms with Crippen LogP contribution in [-0.2, 0) is 4.84 Å². The molecule has 1 aromatic heterocycles. The summed E-state index contributed by atoms with van der Waals surface area (Å²) < 4.78 is 0. The third kappa shape index (κ3) is 2.47. The van der Waals surface area contributed by atoms with Gasteiger partial charge < -0.3 is 4.84 Å². The van der Waals surface area contributed by atoms with Crippen LogP contribution in [0.5, 0.6) is 0 Å². The van der Waals surface area contributed by atoms with Crippen LogP contribution in [0.15, 0.2) is 28.7 Å². The maximum atomic E-state index is 4.90. The quantitative estimate of drug-likeness (QED) is 0.309. The predicted octanol–water partition coefficient (Wildman–Crippen LogP) is 2.07. The Hall–Kier alpha value is -1.16. The molecule has 64 valence electrons. The van der Waals surface area contributed by atoms with E-state index in [0.29, 0.717) is 6.61 Å². The first-order valence-electron chi connectivity index (χ1n) is 3.50. The molecule has 1 heterocycles. The Labute approximate surface area is 75.4 Å². The zero-order valence-electron chi connectivity index (χ0n) is 6.86. The van der Waals surface area contributed by atoms with Gasteiger partial charge in [-0.25, -0.2) is 4.98 Å². The molecule has 0 unspecified atom stereocenters. The number of aromatic nitrogens is 1. The second-order valence-corrected chi connectivity index (χ2v) is 2.85. The summed E-state index contributed by atoms with van der Waals surface area (Å²) in [5.74, 6) is 0. The smallest absolute Gasteiger partial charge is 0.135 e. The molecule has 1 rings (SSSR count). The predicted molar refractivity (Wildman–Crippen MR) is 50.5 cm³/mol. The van der Waals surface area contributed by atoms with Gasteiger partial charge >= 0.3 is 0 Å². The molecule has 0 aromatic carbocycles. The van der Waals surface area contributed by atoms with Crippen LogP contribution in [0.3, 0.4) is 0 Å². The third-order valence-electron chi connectivity index (χ3n) is 1.20. The van der Waals surface area contributed by atoms with E-state index in [1.165, 1.54) is 11.3 Å². The Morgan fingerprint density at radius 2 is 2.75 bits per heavy atom. The van der Waals surface area contributed by atoms with Gasteiger partial charge in [-0.05, 0) is 6.92 Å². The first-order valence-corrected chi connectivity index (χ1v) is 4.45. The SMILES string of the molecule is C=CCO/N=C(\C)c1cscn1. The minimum absolute atomic E-state index is 0.432. The average Bonchev–Trinajstić information content (AvgIpc) is 2.56. The van der Waals surface area contributed by atoms with Crippen molar-refractivity contribution in [1.82, 2.24) is 4.98 Å². The zero-order chi connectivity index (χ0) is 8.81. The van der Waals surface area contributed by atoms with Gasteiger partial charge in [-0.15, -0.1) is 11.3 Å². The highest BCUT2D eigenvalue weighted by atomic mass is 32.1. The number of hydrogen-bond acceptors (Lipinski definition) is 4. The van der Waals surface area contributed by atoms with Gasteiger partial charge in [-0.2, -0.15) is 0 Å². The minimum Gasteiger partial charge on any atom is -0.391 e. The molecular weight excluding hydrogens is 172 g/mol. The van der Waals surface area contributed by atoms with Gasteiger partial charge in [0.15, 0.2) is 0 Å². The molecule has 4 heteroatoms. The van der Waals surface area contributed by atoms with Crippen LogP contribution in [0.1, 0.15) is 12.6 Å². The van der Waals surface area contributed by atoms with E-state index < -0.39 is 0 Å². The first kappa shape index (κ1) is 8.93. The van der Waals surface area contributed by atoms with Crippen LogP contribution in [0.25, 0.3) is 0 Å². The Balaban J connectivity index is 2.52. The lowest BCUT2D eigenvalue weighted by Gasteiger charge is -1.95. The summed E-state index contributed by atoms with van der Waals surface area (Å²) in [6, 6.07) is 0. The monoisotopic (exact) mass is 182 g/mol. The van der Waals surface area contributed by atoms with Crippen LogP contribution < -0.4 is 0 Å². The van der Waals surface area contributed by atoms with Crippen molar-refractivity contribution in [3.8, 4) is 0 Å². The van der Waals surface area contributed by atoms with Crippen LogP contribution in [0, 0.1) is 0 Å². The topological polar surface area (TPSA) is 34.5 Å². The number of rotatable bonds is 4. The van der Waals surface area contributed by atoms with Crippen molar-refractivity contribution >= 4 is 17.0 Å². The molecule has 0 aliphatic rings. The van der Waals surface area contributed by atoms with Gasteiger partial charge in [0.2, 0.25) is 0 Å². The molecule has 0 amide bonds. The molecule has 0 aliphatic carbocycles. The van der Waals surface area contributed by atoms with Crippen molar-refractivity contribution in [2.24, 2.45) is 5.16 Å². The Kier molecular flexibility index (Phi) is 3.47. The van der Waals surface area contributed by atoms with Gasteiger partial charge in [0.25, 0.3) is 0 Å². The van der Waals surface area contributed by atoms with E-state index in [9.17, 15) is 0 Å². The molecule has 0 spiro atoms. The number of oxime groups is 1. The van der Waals surface area contributed by atoms with E-state index >= 15 is 0 Å². The highest BCUT2D eigenvalue weighted by Gasteiger charge is 1.98. The third-order valence-corrected chi connectivity index (χ3v) is 1.78. The molecule has 0 aliphatic heterocycles. The van der Waals surface area contributed by atoms with Gasteiger partial charge in [-0.1, -0.05) is 17.8 Å². The highest BCUT2D eigenvalue weighted by Crippen LogP contribution is 2.02. The first-order chi connectivity index (χ1) is 5.84. The van der Waals surface area contributed by atoms with E-state index in [4.69, 9.17) is 4.84 Å². The van der Waals surface area contributed by atoms with E-state index in [2.05, 4.69) is 16.7 Å². The molecule has 12 heavy (non-hydrogen) atoms. The Morgan fingerprint density at radius 3 is 3.33 bits per heavy atom. The van der Waals surface area contributed by atoms with Crippen LogP contribution in [-0.4, -0.2) is 17.3 Å². The number of thiazole rings is 1. The molecular formula is C8H10N2OS. The van der Waals surface area contributed by atoms with Crippen LogP contribution in [0.4, 0.5) is 0 Å². The molecule has 3 nitrogen and oxygen atoms in total. The van der Waals surface area contributed by atoms with Crippen molar-refractivity contribution in [3.63, 3.8) is 0 Å². The molecule has 0 N–H and O–H groups in total. The van der Waals surface area contributed by atoms with E-state index in [-0.39, 0.29) is 0 Å². The summed E-state index contributed by atoms with van der Waals surface area (Å²) in [5, 5.41) is 5.77. The number of nitrogens with zero attached hydrogens (tertiary/aromatic N) is 2. The second-order valence-electron chi connectivity index (χ2n) is 2.13. The normalized spacial score (nSPS) is 11.2. The van der Waals surface area contributed by atoms with E-state index in [1.54, 1.807) is 11.6 Å². The minimum atomic E-state index is 0.432. The van der Waals surface area contributed by atoms with Crippen molar-refractivity contribution in [2.45, 2.75) is 6.92 Å². The lowest BCUT2D eigenvalue weighted by molar-refractivity contribution is 0.175. The maximum Gasteiger partial charge on any atom is 0.135 e. The van der Waals surface area contributed by atoms with Crippen LogP contribution in [0.2, 0.25) is 0 Å². The van der Waals surface area contributed by atoms with E-state index in [0.717, 1.165) is 11.4 Å². The van der Waals surface area contributed by atoms with Gasteiger partial charge in [0.1, 0.15) is 12.3 Å². The fourth-order valence-electron chi connectivity index (χ4n) is 0.625. The van der Waals surface area contributed by atoms with Crippen molar-refractivity contribution in [3.05, 3.63) is 29.2 Å². The highest BCUT2D eigenvalue weighted by molar-refractivity contribution is 7.07.